The van der Waals surface area contributed by atoms with Crippen molar-refractivity contribution in [3.8, 4) is 5.75 Å². The van der Waals surface area contributed by atoms with E-state index >= 15 is 0 Å². The molecular formula is C23H21N3O3. The van der Waals surface area contributed by atoms with E-state index in [1.807, 2.05) is 36.4 Å². The Morgan fingerprint density at radius 2 is 1.76 bits per heavy atom. The van der Waals surface area contributed by atoms with E-state index in [4.69, 9.17) is 4.74 Å². The minimum absolute atomic E-state index is 0.154. The lowest BCUT2D eigenvalue weighted by atomic mass is 10.1. The topological polar surface area (TPSA) is 80.3 Å². The predicted molar refractivity (Wildman–Crippen MR) is 111 cm³/mol. The second-order valence-electron chi connectivity index (χ2n) is 6.20. The molecule has 0 atom stereocenters. The molecule has 0 saturated carbocycles. The van der Waals surface area contributed by atoms with E-state index in [-0.39, 0.29) is 17.5 Å². The van der Waals surface area contributed by atoms with Gasteiger partial charge in [0.2, 0.25) is 0 Å². The summed E-state index contributed by atoms with van der Waals surface area (Å²) in [7, 11) is 1.56. The van der Waals surface area contributed by atoms with Crippen LogP contribution in [-0.2, 0) is 11.3 Å². The fraction of sp³-hybridized carbons (Fsp3) is 0.0870. The van der Waals surface area contributed by atoms with Crippen molar-refractivity contribution in [3.63, 3.8) is 0 Å². The summed E-state index contributed by atoms with van der Waals surface area (Å²) in [5.41, 5.74) is 2.24. The van der Waals surface area contributed by atoms with Crippen molar-refractivity contribution in [2.75, 3.05) is 7.11 Å². The maximum atomic E-state index is 12.8. The lowest BCUT2D eigenvalue weighted by Crippen LogP contribution is -2.34. The summed E-state index contributed by atoms with van der Waals surface area (Å²) < 4.78 is 5.11. The molecule has 0 saturated heterocycles. The number of hydrogen-bond donors (Lipinski definition) is 2. The second-order valence-corrected chi connectivity index (χ2v) is 6.20. The highest BCUT2D eigenvalue weighted by atomic mass is 16.5. The zero-order valence-corrected chi connectivity index (χ0v) is 16.0. The van der Waals surface area contributed by atoms with Gasteiger partial charge in [0.15, 0.2) is 0 Å². The summed E-state index contributed by atoms with van der Waals surface area (Å²) in [6.45, 7) is 0.303. The standard InChI is InChI=1S/C23H21N3O3/c1-29-20-11-9-19(10-12-20)22(27)26-21(14-17-6-3-2-4-7-17)23(28)25-16-18-8-5-13-24-15-18/h2-15H,16H2,1H3,(H,25,28)(H,26,27)/b21-14+. The van der Waals surface area contributed by atoms with Crippen LogP contribution < -0.4 is 15.4 Å². The fourth-order valence-electron chi connectivity index (χ4n) is 2.59. The molecule has 6 nitrogen and oxygen atoms in total. The molecule has 2 N–H and O–H groups in total. The molecule has 6 heteroatoms. The molecule has 1 heterocycles. The summed E-state index contributed by atoms with van der Waals surface area (Å²) >= 11 is 0. The van der Waals surface area contributed by atoms with Crippen molar-refractivity contribution in [1.82, 2.24) is 15.6 Å². The van der Waals surface area contributed by atoms with Crippen LogP contribution in [0, 0.1) is 0 Å². The summed E-state index contributed by atoms with van der Waals surface area (Å²) in [5.74, 6) is -0.123. The SMILES string of the molecule is COc1ccc(C(=O)N/C(=C/c2ccccc2)C(=O)NCc2cccnc2)cc1. The Balaban J connectivity index is 1.77. The monoisotopic (exact) mass is 387 g/mol. The lowest BCUT2D eigenvalue weighted by Gasteiger charge is -2.11. The first kappa shape index (κ1) is 19.8. The molecule has 3 rings (SSSR count). The number of carbonyl (C=O) groups excluding carboxylic acids is 2. The first-order valence-corrected chi connectivity index (χ1v) is 9.05. The van der Waals surface area contributed by atoms with Gasteiger partial charge in [0, 0.05) is 24.5 Å². The van der Waals surface area contributed by atoms with Crippen LogP contribution in [0.5, 0.6) is 5.75 Å². The number of rotatable bonds is 7. The molecule has 2 aromatic carbocycles. The third kappa shape index (κ3) is 5.77. The molecule has 0 aliphatic carbocycles. The number of pyridine rings is 1. The Morgan fingerprint density at radius 3 is 2.41 bits per heavy atom. The summed E-state index contributed by atoms with van der Waals surface area (Å²) in [4.78, 5) is 29.4. The lowest BCUT2D eigenvalue weighted by molar-refractivity contribution is -0.117. The van der Waals surface area contributed by atoms with Crippen molar-refractivity contribution in [2.45, 2.75) is 6.54 Å². The van der Waals surface area contributed by atoms with Crippen LogP contribution in [0.25, 0.3) is 6.08 Å². The zero-order valence-electron chi connectivity index (χ0n) is 16.0. The van der Waals surface area contributed by atoms with Gasteiger partial charge in [-0.2, -0.15) is 0 Å². The molecule has 0 aliphatic rings. The van der Waals surface area contributed by atoms with Crippen molar-refractivity contribution in [2.24, 2.45) is 0 Å². The molecular weight excluding hydrogens is 366 g/mol. The summed E-state index contributed by atoms with van der Waals surface area (Å²) in [5, 5.41) is 5.52. The van der Waals surface area contributed by atoms with Crippen LogP contribution in [0.15, 0.2) is 84.8 Å². The molecule has 0 radical (unpaired) electrons. The van der Waals surface area contributed by atoms with Gasteiger partial charge < -0.3 is 15.4 Å². The number of aromatic nitrogens is 1. The van der Waals surface area contributed by atoms with E-state index < -0.39 is 0 Å². The molecule has 0 bridgehead atoms. The van der Waals surface area contributed by atoms with Gasteiger partial charge >= 0.3 is 0 Å². The highest BCUT2D eigenvalue weighted by molar-refractivity contribution is 6.05. The Hall–Kier alpha value is -3.93. The van der Waals surface area contributed by atoms with Crippen molar-refractivity contribution in [3.05, 3.63) is 102 Å². The average Bonchev–Trinajstić information content (AvgIpc) is 2.78. The number of hydrogen-bond acceptors (Lipinski definition) is 4. The normalized spacial score (nSPS) is 10.9. The minimum Gasteiger partial charge on any atom is -0.497 e. The Labute approximate surface area is 169 Å². The molecule has 0 aliphatic heterocycles. The van der Waals surface area contributed by atoms with Crippen molar-refractivity contribution >= 4 is 17.9 Å². The van der Waals surface area contributed by atoms with Gasteiger partial charge in [-0.15, -0.1) is 0 Å². The van der Waals surface area contributed by atoms with E-state index in [0.717, 1.165) is 11.1 Å². The van der Waals surface area contributed by atoms with E-state index in [2.05, 4.69) is 15.6 Å². The van der Waals surface area contributed by atoms with Gasteiger partial charge in [0.25, 0.3) is 11.8 Å². The summed E-state index contributed by atoms with van der Waals surface area (Å²) in [6, 6.07) is 19.7. The molecule has 0 fully saturated rings. The molecule has 0 spiro atoms. The van der Waals surface area contributed by atoms with E-state index in [0.29, 0.717) is 17.9 Å². The Morgan fingerprint density at radius 1 is 1.00 bits per heavy atom. The van der Waals surface area contributed by atoms with Crippen LogP contribution in [0.3, 0.4) is 0 Å². The van der Waals surface area contributed by atoms with Gasteiger partial charge in [-0.3, -0.25) is 14.6 Å². The highest BCUT2D eigenvalue weighted by Crippen LogP contribution is 2.12. The Kier molecular flexibility index (Phi) is 6.73. The van der Waals surface area contributed by atoms with Gasteiger partial charge in [-0.05, 0) is 47.5 Å². The Bertz CT molecular complexity index is 985. The third-order valence-corrected chi connectivity index (χ3v) is 4.13. The number of carbonyl (C=O) groups is 2. The van der Waals surface area contributed by atoms with Gasteiger partial charge in [0.1, 0.15) is 11.4 Å². The first-order chi connectivity index (χ1) is 14.2. The van der Waals surface area contributed by atoms with Crippen LogP contribution in [0.1, 0.15) is 21.5 Å². The average molecular weight is 387 g/mol. The molecule has 2 amide bonds. The smallest absolute Gasteiger partial charge is 0.268 e. The molecule has 146 valence electrons. The predicted octanol–water partition coefficient (Wildman–Crippen LogP) is 3.18. The number of methoxy groups -OCH3 is 1. The zero-order chi connectivity index (χ0) is 20.5. The number of amides is 2. The number of nitrogens with one attached hydrogen (secondary N) is 2. The van der Waals surface area contributed by atoms with Crippen molar-refractivity contribution < 1.29 is 14.3 Å². The van der Waals surface area contributed by atoms with Crippen LogP contribution in [0.4, 0.5) is 0 Å². The second kappa shape index (κ2) is 9.85. The molecule has 29 heavy (non-hydrogen) atoms. The van der Waals surface area contributed by atoms with E-state index in [9.17, 15) is 9.59 Å². The van der Waals surface area contributed by atoms with Crippen LogP contribution in [0.2, 0.25) is 0 Å². The molecule has 0 unspecified atom stereocenters. The number of ether oxygens (including phenoxy) is 1. The number of benzene rings is 2. The minimum atomic E-state index is -0.389. The van der Waals surface area contributed by atoms with Gasteiger partial charge in [0.05, 0.1) is 7.11 Å². The van der Waals surface area contributed by atoms with Crippen LogP contribution >= 0.6 is 0 Å². The molecule has 1 aromatic heterocycles. The van der Waals surface area contributed by atoms with Gasteiger partial charge in [-0.25, -0.2) is 0 Å². The fourth-order valence-corrected chi connectivity index (χ4v) is 2.59. The molecule has 3 aromatic rings. The van der Waals surface area contributed by atoms with Gasteiger partial charge in [-0.1, -0.05) is 36.4 Å². The summed E-state index contributed by atoms with van der Waals surface area (Å²) in [6.07, 6.45) is 4.98. The van der Waals surface area contributed by atoms with E-state index in [1.165, 1.54) is 0 Å². The van der Waals surface area contributed by atoms with Crippen LogP contribution in [-0.4, -0.2) is 23.9 Å². The maximum absolute atomic E-state index is 12.8. The van der Waals surface area contributed by atoms with Crippen molar-refractivity contribution in [1.29, 1.82) is 0 Å². The first-order valence-electron chi connectivity index (χ1n) is 9.05. The quantitative estimate of drug-likeness (QED) is 0.610. The largest absolute Gasteiger partial charge is 0.497 e. The van der Waals surface area contributed by atoms with E-state index in [1.54, 1.807) is 55.9 Å². The maximum Gasteiger partial charge on any atom is 0.268 e. The highest BCUT2D eigenvalue weighted by Gasteiger charge is 2.15. The third-order valence-electron chi connectivity index (χ3n) is 4.13. The number of nitrogens with zero attached hydrogens (tertiary/aromatic N) is 1.